The van der Waals surface area contributed by atoms with E-state index in [9.17, 15) is 18.5 Å². The fourth-order valence-electron chi connectivity index (χ4n) is 5.60. The summed E-state index contributed by atoms with van der Waals surface area (Å²) in [6.07, 6.45) is 7.31. The highest BCUT2D eigenvalue weighted by molar-refractivity contribution is 7.92. The molecule has 260 valence electrons. The molecule has 5 aromatic rings. The molecule has 0 unspecified atom stereocenters. The summed E-state index contributed by atoms with van der Waals surface area (Å²) in [6, 6.07) is 32.2. The predicted molar refractivity (Wildman–Crippen MR) is 198 cm³/mol. The minimum Gasteiger partial charge on any atom is -0.493 e. The van der Waals surface area contributed by atoms with Crippen LogP contribution in [0, 0.1) is 18.3 Å². The van der Waals surface area contributed by atoms with Crippen LogP contribution in [-0.2, 0) is 29.5 Å². The van der Waals surface area contributed by atoms with E-state index in [4.69, 9.17) is 9.47 Å². The molecule has 1 fully saturated rings. The number of sulfonamides is 1. The minimum atomic E-state index is -3.47. The van der Waals surface area contributed by atoms with Crippen molar-refractivity contribution in [2.45, 2.75) is 45.3 Å². The Morgan fingerprint density at radius 1 is 0.902 bits per heavy atom. The Morgan fingerprint density at radius 2 is 1.61 bits per heavy atom. The number of aromatic nitrogens is 1. The smallest absolute Gasteiger partial charge is 0.251 e. The predicted octanol–water partition coefficient (Wildman–Crippen LogP) is 7.15. The first-order valence-electron chi connectivity index (χ1n) is 16.7. The third kappa shape index (κ3) is 10.1. The van der Waals surface area contributed by atoms with Crippen molar-refractivity contribution in [2.24, 2.45) is 0 Å². The molecule has 0 bridgehead atoms. The molecule has 1 amide bonds. The van der Waals surface area contributed by atoms with Crippen molar-refractivity contribution in [2.75, 3.05) is 22.5 Å². The molecule has 0 saturated heterocycles. The summed E-state index contributed by atoms with van der Waals surface area (Å²) < 4.78 is 39.1. The van der Waals surface area contributed by atoms with E-state index in [0.717, 1.165) is 47.0 Å². The van der Waals surface area contributed by atoms with Crippen LogP contribution in [0.1, 0.15) is 51.0 Å². The molecule has 1 saturated carbocycles. The number of carbonyl (C=O) groups excluding carboxylic acids is 1. The van der Waals surface area contributed by atoms with Crippen LogP contribution in [0.2, 0.25) is 0 Å². The van der Waals surface area contributed by atoms with E-state index in [-0.39, 0.29) is 11.9 Å². The first-order chi connectivity index (χ1) is 24.6. The lowest BCUT2D eigenvalue weighted by Crippen LogP contribution is -2.25. The minimum absolute atomic E-state index is 0.163. The zero-order valence-electron chi connectivity index (χ0n) is 28.5. The number of ether oxygens (including phenoxy) is 2. The number of hydrogen-bond acceptors (Lipinski definition) is 8. The van der Waals surface area contributed by atoms with E-state index in [2.05, 4.69) is 26.0 Å². The highest BCUT2D eigenvalue weighted by Crippen LogP contribution is 2.32. The second kappa shape index (κ2) is 15.8. The number of rotatable bonds is 15. The lowest BCUT2D eigenvalue weighted by atomic mass is 10.1. The summed E-state index contributed by atoms with van der Waals surface area (Å²) in [7, 11) is -3.47. The largest absolute Gasteiger partial charge is 0.493 e. The number of anilines is 2. The average molecular weight is 702 g/mol. The van der Waals surface area contributed by atoms with Crippen LogP contribution in [0.5, 0.6) is 17.2 Å². The Kier molecular flexibility index (Phi) is 10.8. The monoisotopic (exact) mass is 701 g/mol. The maximum Gasteiger partial charge on any atom is 0.251 e. The average Bonchev–Trinajstić information content (AvgIpc) is 3.94. The number of nitriles is 1. The number of benzene rings is 4. The first-order valence-corrected chi connectivity index (χ1v) is 18.6. The standard InChI is InChI=1S/C40H39N5O5S/c1-28-38(44-51(2,47)48)6-3-7-39(28)45(26-31-10-8-29(24-41)9-11-31)27-32-12-16-35(17-13-32)50-37-22-33(40(46)43-34-14-15-34)21-36(23-37)49-20-18-30-5-4-19-42-25-30/h3-13,16-17,19,21-23,25,34,44H,14-15,18,20,26-27H2,1-2H3,(H,43,46). The quantitative estimate of drug-likeness (QED) is 0.118. The number of nitrogens with zero attached hydrogens (tertiary/aromatic N) is 3. The fraction of sp³-hybridized carbons (Fsp3) is 0.225. The van der Waals surface area contributed by atoms with Crippen molar-refractivity contribution in [1.29, 1.82) is 5.26 Å². The Labute approximate surface area is 298 Å². The molecule has 0 atom stereocenters. The molecule has 0 spiro atoms. The molecule has 10 nitrogen and oxygen atoms in total. The van der Waals surface area contributed by atoms with Crippen LogP contribution in [0.15, 0.2) is 109 Å². The third-order valence-corrected chi connectivity index (χ3v) is 8.96. The number of amides is 1. The number of carbonyl (C=O) groups is 1. The van der Waals surface area contributed by atoms with Gasteiger partial charge >= 0.3 is 0 Å². The van der Waals surface area contributed by atoms with Gasteiger partial charge in [-0.1, -0.05) is 36.4 Å². The molecule has 1 aromatic heterocycles. The van der Waals surface area contributed by atoms with Crippen molar-refractivity contribution in [1.82, 2.24) is 10.3 Å². The van der Waals surface area contributed by atoms with Gasteiger partial charge in [-0.05, 0) is 96.6 Å². The third-order valence-electron chi connectivity index (χ3n) is 8.37. The van der Waals surface area contributed by atoms with Crippen molar-refractivity contribution in [3.8, 4) is 23.3 Å². The van der Waals surface area contributed by atoms with E-state index in [1.807, 2.05) is 73.8 Å². The van der Waals surface area contributed by atoms with Gasteiger partial charge in [0.2, 0.25) is 10.0 Å². The molecule has 6 rings (SSSR count). The summed E-state index contributed by atoms with van der Waals surface area (Å²) in [4.78, 5) is 19.3. The molecule has 2 N–H and O–H groups in total. The topological polar surface area (TPSA) is 134 Å². The zero-order valence-corrected chi connectivity index (χ0v) is 29.3. The van der Waals surface area contributed by atoms with Crippen molar-refractivity contribution in [3.05, 3.63) is 143 Å². The van der Waals surface area contributed by atoms with Gasteiger partial charge in [0.05, 0.1) is 30.2 Å². The number of hydrogen-bond donors (Lipinski definition) is 2. The van der Waals surface area contributed by atoms with Crippen LogP contribution < -0.4 is 24.4 Å². The second-order valence-corrected chi connectivity index (χ2v) is 14.4. The molecular formula is C40H39N5O5S. The molecule has 11 heteroatoms. The van der Waals surface area contributed by atoms with Crippen molar-refractivity contribution < 1.29 is 22.7 Å². The Balaban J connectivity index is 1.21. The van der Waals surface area contributed by atoms with Gasteiger partial charge < -0.3 is 19.7 Å². The Hall–Kier alpha value is -5.86. The molecule has 51 heavy (non-hydrogen) atoms. The number of pyridine rings is 1. The van der Waals surface area contributed by atoms with Crippen molar-refractivity contribution in [3.63, 3.8) is 0 Å². The van der Waals surface area contributed by atoms with Gasteiger partial charge in [-0.25, -0.2) is 8.42 Å². The van der Waals surface area contributed by atoms with Gasteiger partial charge in [-0.15, -0.1) is 0 Å². The second-order valence-electron chi connectivity index (χ2n) is 12.6. The fourth-order valence-corrected chi connectivity index (χ4v) is 6.22. The van der Waals surface area contributed by atoms with Crippen molar-refractivity contribution >= 4 is 27.3 Å². The summed E-state index contributed by atoms with van der Waals surface area (Å²) in [6.45, 7) is 3.34. The molecule has 1 heterocycles. The van der Waals surface area contributed by atoms with Gasteiger partial charge in [0.1, 0.15) is 17.2 Å². The molecule has 0 radical (unpaired) electrons. The first kappa shape index (κ1) is 35.0. The molecular weight excluding hydrogens is 663 g/mol. The van der Waals surface area contributed by atoms with Gasteiger partial charge in [0.15, 0.2) is 0 Å². The highest BCUT2D eigenvalue weighted by atomic mass is 32.2. The molecule has 4 aromatic carbocycles. The van der Waals surface area contributed by atoms with E-state index in [0.29, 0.717) is 60.2 Å². The van der Waals surface area contributed by atoms with E-state index < -0.39 is 10.0 Å². The zero-order chi connectivity index (χ0) is 35.8. The number of nitrogens with one attached hydrogen (secondary N) is 2. The van der Waals surface area contributed by atoms with Crippen LogP contribution in [0.3, 0.4) is 0 Å². The van der Waals surface area contributed by atoms with E-state index >= 15 is 0 Å². The van der Waals surface area contributed by atoms with Gasteiger partial charge in [-0.3, -0.25) is 14.5 Å². The van der Waals surface area contributed by atoms with Crippen LogP contribution in [-0.4, -0.2) is 38.2 Å². The highest BCUT2D eigenvalue weighted by Gasteiger charge is 2.24. The summed E-state index contributed by atoms with van der Waals surface area (Å²) >= 11 is 0. The van der Waals surface area contributed by atoms with Crippen LogP contribution in [0.25, 0.3) is 0 Å². The maximum absolute atomic E-state index is 13.0. The van der Waals surface area contributed by atoms with Crippen LogP contribution in [0.4, 0.5) is 11.4 Å². The van der Waals surface area contributed by atoms with Gasteiger partial charge in [0, 0.05) is 55.3 Å². The SMILES string of the molecule is Cc1c(NS(C)(=O)=O)cccc1N(Cc1ccc(C#N)cc1)Cc1ccc(Oc2cc(OCCc3cccnc3)cc(C(=O)NC3CC3)c2)cc1. The Bertz CT molecular complexity index is 2130. The lowest BCUT2D eigenvalue weighted by molar-refractivity contribution is 0.0950. The maximum atomic E-state index is 13.0. The molecule has 1 aliphatic carbocycles. The Morgan fingerprint density at radius 3 is 2.25 bits per heavy atom. The van der Waals surface area contributed by atoms with E-state index in [1.54, 1.807) is 42.6 Å². The summed E-state index contributed by atoms with van der Waals surface area (Å²) in [5, 5.41) is 12.3. The van der Waals surface area contributed by atoms with Gasteiger partial charge in [0.25, 0.3) is 5.91 Å². The molecule has 1 aliphatic rings. The van der Waals surface area contributed by atoms with Gasteiger partial charge in [-0.2, -0.15) is 5.26 Å². The lowest BCUT2D eigenvalue weighted by Gasteiger charge is -2.28. The van der Waals surface area contributed by atoms with Crippen LogP contribution >= 0.6 is 0 Å². The summed E-state index contributed by atoms with van der Waals surface area (Å²) in [5.41, 5.74) is 6.26. The normalized spacial score (nSPS) is 12.4. The van der Waals surface area contributed by atoms with E-state index in [1.165, 1.54) is 0 Å². The summed E-state index contributed by atoms with van der Waals surface area (Å²) in [5.74, 6) is 1.45. The molecule has 0 aliphatic heterocycles.